The van der Waals surface area contributed by atoms with Gasteiger partial charge < -0.3 is 4.57 Å². The molecule has 0 fully saturated rings. The molecule has 0 saturated carbocycles. The van der Waals surface area contributed by atoms with Crippen LogP contribution in [-0.2, 0) is 11.8 Å². The van der Waals surface area contributed by atoms with Crippen molar-refractivity contribution in [2.45, 2.75) is 25.2 Å². The quantitative estimate of drug-likeness (QED) is 0.126. The van der Waals surface area contributed by atoms with E-state index in [-0.39, 0.29) is 5.41 Å². The minimum atomic E-state index is -0.0934. The number of halogens is 1. The molecule has 2 aromatic heterocycles. The van der Waals surface area contributed by atoms with Crippen molar-refractivity contribution in [3.63, 3.8) is 0 Å². The standard InChI is InChI=1S/C48H35IN2/c1-48(30-49)43-28-34(31-18-22-37(23-19-31)51-45-16-4-2-13-41(45)42-14-3-5-17-46(42)51)20-24-39(43)40-25-21-35(29-44(40)48)33-10-6-11-36(27-33)38-15-7-9-32-12-8-26-50-47(32)38/h2,4-13,15-29H,3,14,30H2,1H3. The number of rotatable bonds is 5. The summed E-state index contributed by atoms with van der Waals surface area (Å²) < 4.78 is 3.43. The summed E-state index contributed by atoms with van der Waals surface area (Å²) in [5.74, 6) is 0. The van der Waals surface area contributed by atoms with Crippen molar-refractivity contribution >= 4 is 50.5 Å². The number of fused-ring (bicyclic) bond motifs is 7. The molecule has 51 heavy (non-hydrogen) atoms. The number of hydrogen-bond acceptors (Lipinski definition) is 1. The molecule has 0 aliphatic heterocycles. The molecule has 0 radical (unpaired) electrons. The molecule has 6 aromatic carbocycles. The number of pyridine rings is 1. The van der Waals surface area contributed by atoms with Gasteiger partial charge in [0, 0.05) is 43.8 Å². The Labute approximate surface area is 312 Å². The van der Waals surface area contributed by atoms with Crippen LogP contribution in [0.2, 0.25) is 0 Å². The summed E-state index contributed by atoms with van der Waals surface area (Å²) in [5, 5.41) is 2.53. The maximum absolute atomic E-state index is 4.73. The van der Waals surface area contributed by atoms with E-state index in [9.17, 15) is 0 Å². The average molecular weight is 767 g/mol. The van der Waals surface area contributed by atoms with Crippen molar-refractivity contribution < 1.29 is 0 Å². The SMILES string of the molecule is CC1(CI)c2cc(-c3ccc(-n4c5c(c6ccccc64)CCC=C5)cc3)ccc2-c2ccc(-c3cccc(-c4cccc5cccnc45)c3)cc21. The molecule has 2 aliphatic rings. The van der Waals surface area contributed by atoms with E-state index in [1.165, 1.54) is 83.5 Å². The van der Waals surface area contributed by atoms with Crippen molar-refractivity contribution in [3.8, 4) is 50.2 Å². The predicted octanol–water partition coefficient (Wildman–Crippen LogP) is 12.9. The average Bonchev–Trinajstić information content (AvgIpc) is 3.67. The molecule has 3 heteroatoms. The van der Waals surface area contributed by atoms with Crippen LogP contribution >= 0.6 is 22.6 Å². The Hall–Kier alpha value is -5.26. The maximum Gasteiger partial charge on any atom is 0.0780 e. The number of alkyl halides is 1. The molecule has 0 saturated heterocycles. The van der Waals surface area contributed by atoms with Gasteiger partial charge in [0.15, 0.2) is 0 Å². The Bertz CT molecular complexity index is 2690. The van der Waals surface area contributed by atoms with E-state index < -0.39 is 0 Å². The van der Waals surface area contributed by atoms with Crippen molar-refractivity contribution in [1.82, 2.24) is 9.55 Å². The fourth-order valence-corrected chi connectivity index (χ4v) is 9.41. The Kier molecular flexibility index (Phi) is 7.14. The molecular weight excluding hydrogens is 731 g/mol. The second-order valence-corrected chi connectivity index (χ2v) is 14.9. The first-order valence-corrected chi connectivity index (χ1v) is 19.3. The number of para-hydroxylation sites is 2. The lowest BCUT2D eigenvalue weighted by Crippen LogP contribution is -2.22. The van der Waals surface area contributed by atoms with Crippen LogP contribution in [0, 0.1) is 0 Å². The first kappa shape index (κ1) is 30.6. The summed E-state index contributed by atoms with van der Waals surface area (Å²) >= 11 is 2.59. The molecule has 0 N–H and O–H groups in total. The lowest BCUT2D eigenvalue weighted by molar-refractivity contribution is 0.685. The van der Waals surface area contributed by atoms with Gasteiger partial charge in [0.25, 0.3) is 0 Å². The third-order valence-electron chi connectivity index (χ3n) is 11.2. The van der Waals surface area contributed by atoms with Crippen LogP contribution in [0.1, 0.15) is 35.7 Å². The van der Waals surface area contributed by atoms with Crippen LogP contribution in [0.5, 0.6) is 0 Å². The normalized spacial score (nSPS) is 16.0. The van der Waals surface area contributed by atoms with E-state index in [4.69, 9.17) is 4.98 Å². The van der Waals surface area contributed by atoms with Crippen molar-refractivity contribution in [1.29, 1.82) is 0 Å². The molecule has 2 nitrogen and oxygen atoms in total. The van der Waals surface area contributed by atoms with Gasteiger partial charge in [0.05, 0.1) is 11.0 Å². The van der Waals surface area contributed by atoms with Crippen LogP contribution in [0.4, 0.5) is 0 Å². The van der Waals surface area contributed by atoms with E-state index in [1.54, 1.807) is 0 Å². The molecule has 0 amide bonds. The third-order valence-corrected chi connectivity index (χ3v) is 12.8. The number of hydrogen-bond donors (Lipinski definition) is 0. The summed E-state index contributed by atoms with van der Waals surface area (Å²) in [5.41, 5.74) is 19.1. The largest absolute Gasteiger partial charge is 0.310 e. The van der Waals surface area contributed by atoms with Crippen molar-refractivity contribution in [2.24, 2.45) is 0 Å². The molecule has 2 heterocycles. The van der Waals surface area contributed by atoms with E-state index in [1.807, 2.05) is 12.3 Å². The highest BCUT2D eigenvalue weighted by Crippen LogP contribution is 2.52. The molecule has 244 valence electrons. The van der Waals surface area contributed by atoms with Crippen LogP contribution in [0.15, 0.2) is 152 Å². The Morgan fingerprint density at radius 3 is 2.14 bits per heavy atom. The van der Waals surface area contributed by atoms with Crippen molar-refractivity contribution in [3.05, 3.63) is 174 Å². The molecule has 8 aromatic rings. The number of benzene rings is 6. The highest BCUT2D eigenvalue weighted by Gasteiger charge is 2.39. The number of aromatic nitrogens is 2. The minimum absolute atomic E-state index is 0.0934. The lowest BCUT2D eigenvalue weighted by Gasteiger charge is -2.25. The van der Waals surface area contributed by atoms with Crippen LogP contribution in [0.25, 0.3) is 78.1 Å². The van der Waals surface area contributed by atoms with Crippen LogP contribution < -0.4 is 0 Å². The zero-order chi connectivity index (χ0) is 34.1. The smallest absolute Gasteiger partial charge is 0.0780 e. The fourth-order valence-electron chi connectivity index (χ4n) is 8.59. The van der Waals surface area contributed by atoms with Gasteiger partial charge in [-0.2, -0.15) is 0 Å². The lowest BCUT2D eigenvalue weighted by atomic mass is 9.80. The maximum atomic E-state index is 4.73. The molecule has 1 unspecified atom stereocenters. The van der Waals surface area contributed by atoms with Gasteiger partial charge >= 0.3 is 0 Å². The summed E-state index contributed by atoms with van der Waals surface area (Å²) in [4.78, 5) is 4.73. The van der Waals surface area contributed by atoms with Gasteiger partial charge in [-0.15, -0.1) is 0 Å². The number of aryl methyl sites for hydroxylation is 1. The van der Waals surface area contributed by atoms with Gasteiger partial charge in [-0.1, -0.05) is 133 Å². The van der Waals surface area contributed by atoms with Crippen LogP contribution in [0.3, 0.4) is 0 Å². The highest BCUT2D eigenvalue weighted by atomic mass is 127. The summed E-state index contributed by atoms with van der Waals surface area (Å²) in [7, 11) is 0. The molecule has 0 bridgehead atoms. The third kappa shape index (κ3) is 4.78. The summed E-state index contributed by atoms with van der Waals surface area (Å²) in [6.07, 6.45) is 8.70. The zero-order valence-corrected chi connectivity index (χ0v) is 30.6. The van der Waals surface area contributed by atoms with Crippen LogP contribution in [-0.4, -0.2) is 14.0 Å². The first-order chi connectivity index (χ1) is 25.1. The molecule has 10 rings (SSSR count). The summed E-state index contributed by atoms with van der Waals surface area (Å²) in [6.45, 7) is 2.42. The molecule has 2 aliphatic carbocycles. The summed E-state index contributed by atoms with van der Waals surface area (Å²) in [6, 6.07) is 51.7. The van der Waals surface area contributed by atoms with Gasteiger partial charge in [-0.05, 0) is 117 Å². The molecule has 0 spiro atoms. The van der Waals surface area contributed by atoms with E-state index in [2.05, 4.69) is 180 Å². The van der Waals surface area contributed by atoms with E-state index >= 15 is 0 Å². The fraction of sp³-hybridized carbons (Fsp3) is 0.104. The second kappa shape index (κ2) is 11.9. The van der Waals surface area contributed by atoms with Gasteiger partial charge in [0.2, 0.25) is 0 Å². The van der Waals surface area contributed by atoms with E-state index in [0.717, 1.165) is 28.2 Å². The molecular formula is C48H35IN2. The Balaban J connectivity index is 1.00. The zero-order valence-electron chi connectivity index (χ0n) is 28.4. The Morgan fingerprint density at radius 1 is 0.647 bits per heavy atom. The Morgan fingerprint density at radius 2 is 1.33 bits per heavy atom. The van der Waals surface area contributed by atoms with Gasteiger partial charge in [-0.25, -0.2) is 0 Å². The number of allylic oxidation sites excluding steroid dienone is 1. The van der Waals surface area contributed by atoms with Gasteiger partial charge in [0.1, 0.15) is 0 Å². The highest BCUT2D eigenvalue weighted by molar-refractivity contribution is 14.1. The topological polar surface area (TPSA) is 17.8 Å². The van der Waals surface area contributed by atoms with Crippen molar-refractivity contribution in [2.75, 3.05) is 4.43 Å². The van der Waals surface area contributed by atoms with E-state index in [0.29, 0.717) is 0 Å². The molecule has 1 atom stereocenters. The first-order valence-electron chi connectivity index (χ1n) is 17.8. The monoisotopic (exact) mass is 766 g/mol. The second-order valence-electron chi connectivity index (χ2n) is 14.2. The van der Waals surface area contributed by atoms with Gasteiger partial charge in [-0.3, -0.25) is 4.98 Å². The predicted molar refractivity (Wildman–Crippen MR) is 223 cm³/mol. The number of nitrogens with zero attached hydrogens (tertiary/aromatic N) is 2. The minimum Gasteiger partial charge on any atom is -0.310 e.